The molecule has 9 nitrogen and oxygen atoms in total. The minimum absolute atomic E-state index is 0.135. The lowest BCUT2D eigenvalue weighted by atomic mass is 10.1. The quantitative estimate of drug-likeness (QED) is 0.352. The Hall–Kier alpha value is -4.01. The molecule has 37 heavy (non-hydrogen) atoms. The second kappa shape index (κ2) is 11.8. The van der Waals surface area contributed by atoms with Gasteiger partial charge in [-0.3, -0.25) is 4.79 Å². The molecule has 0 radical (unpaired) electrons. The Labute approximate surface area is 218 Å². The highest BCUT2D eigenvalue weighted by Gasteiger charge is 2.20. The summed E-state index contributed by atoms with van der Waals surface area (Å²) in [6.07, 6.45) is 7.14. The van der Waals surface area contributed by atoms with Crippen molar-refractivity contribution in [2.24, 2.45) is 5.10 Å². The van der Waals surface area contributed by atoms with Gasteiger partial charge in [-0.2, -0.15) is 20.1 Å². The maximum Gasteiger partial charge on any atom is 0.255 e. The number of anilines is 4. The average molecular weight is 499 g/mol. The Bertz CT molecular complexity index is 1180. The molecule has 2 N–H and O–H groups in total. The van der Waals surface area contributed by atoms with Gasteiger partial charge in [-0.05, 0) is 75.3 Å². The van der Waals surface area contributed by atoms with Crippen LogP contribution in [0, 0.1) is 0 Å². The summed E-state index contributed by atoms with van der Waals surface area (Å²) in [5, 5.41) is 7.49. The average Bonchev–Trinajstić information content (AvgIpc) is 2.97. The molecule has 0 spiro atoms. The van der Waals surface area contributed by atoms with Crippen LogP contribution in [0.25, 0.3) is 0 Å². The Morgan fingerprint density at radius 1 is 0.730 bits per heavy atom. The van der Waals surface area contributed by atoms with E-state index in [1.807, 2.05) is 49.4 Å². The number of nitrogens with zero attached hydrogens (tertiary/aromatic N) is 6. The number of hydrazone groups is 1. The monoisotopic (exact) mass is 498 g/mol. The fourth-order valence-corrected chi connectivity index (χ4v) is 4.66. The highest BCUT2D eigenvalue weighted by molar-refractivity contribution is 6.04. The van der Waals surface area contributed by atoms with Gasteiger partial charge in [0.1, 0.15) is 0 Å². The fourth-order valence-electron chi connectivity index (χ4n) is 4.66. The predicted octanol–water partition coefficient (Wildman–Crippen LogP) is 4.94. The van der Waals surface area contributed by atoms with Crippen molar-refractivity contribution in [1.29, 1.82) is 0 Å². The van der Waals surface area contributed by atoms with Gasteiger partial charge >= 0.3 is 0 Å². The summed E-state index contributed by atoms with van der Waals surface area (Å²) in [6, 6.07) is 16.8. The van der Waals surface area contributed by atoms with Crippen LogP contribution in [0.4, 0.5) is 23.5 Å². The van der Waals surface area contributed by atoms with E-state index in [1.54, 1.807) is 12.1 Å². The third-order valence-electron chi connectivity index (χ3n) is 6.81. The van der Waals surface area contributed by atoms with Crippen molar-refractivity contribution < 1.29 is 4.79 Å². The zero-order chi connectivity index (χ0) is 25.5. The molecular weight excluding hydrogens is 464 g/mol. The second-order valence-electron chi connectivity index (χ2n) is 9.56. The van der Waals surface area contributed by atoms with E-state index in [9.17, 15) is 4.79 Å². The van der Waals surface area contributed by atoms with E-state index in [0.717, 1.165) is 80.7 Å². The maximum atomic E-state index is 12.4. The SMILES string of the molecule is C/C(=N\Nc1nc(N2CCCCC2)nc(N2CCCCC2)n1)c1ccc(NC(=O)c2ccccc2)cc1. The lowest BCUT2D eigenvalue weighted by Gasteiger charge is -2.30. The summed E-state index contributed by atoms with van der Waals surface area (Å²) in [5.74, 6) is 1.78. The molecular formula is C28H34N8O. The Morgan fingerprint density at radius 2 is 1.30 bits per heavy atom. The van der Waals surface area contributed by atoms with E-state index in [2.05, 4.69) is 25.6 Å². The van der Waals surface area contributed by atoms with E-state index in [-0.39, 0.29) is 5.91 Å². The first kappa shape index (κ1) is 24.7. The molecule has 9 heteroatoms. The summed E-state index contributed by atoms with van der Waals surface area (Å²) in [6.45, 7) is 5.82. The number of rotatable bonds is 7. The normalized spacial score (nSPS) is 16.4. The topological polar surface area (TPSA) is 98.6 Å². The molecule has 3 heterocycles. The second-order valence-corrected chi connectivity index (χ2v) is 9.56. The van der Waals surface area contributed by atoms with Gasteiger partial charge in [-0.1, -0.05) is 30.3 Å². The molecule has 0 bridgehead atoms. The zero-order valence-corrected chi connectivity index (χ0v) is 21.4. The van der Waals surface area contributed by atoms with Crippen LogP contribution in [0.1, 0.15) is 61.4 Å². The summed E-state index contributed by atoms with van der Waals surface area (Å²) < 4.78 is 0. The van der Waals surface area contributed by atoms with E-state index >= 15 is 0 Å². The Balaban J connectivity index is 1.29. The van der Waals surface area contributed by atoms with Gasteiger partial charge in [0.15, 0.2) is 0 Å². The number of hydrogen-bond acceptors (Lipinski definition) is 8. The van der Waals surface area contributed by atoms with E-state index in [0.29, 0.717) is 11.5 Å². The number of piperidine rings is 2. The van der Waals surface area contributed by atoms with E-state index in [4.69, 9.17) is 15.0 Å². The smallest absolute Gasteiger partial charge is 0.255 e. The highest BCUT2D eigenvalue weighted by Crippen LogP contribution is 2.22. The lowest BCUT2D eigenvalue weighted by molar-refractivity contribution is 0.102. The molecule has 1 aromatic heterocycles. The fraction of sp³-hybridized carbons (Fsp3) is 0.393. The Morgan fingerprint density at radius 3 is 1.86 bits per heavy atom. The number of amides is 1. The van der Waals surface area contributed by atoms with Gasteiger partial charge < -0.3 is 15.1 Å². The summed E-state index contributed by atoms with van der Waals surface area (Å²) in [7, 11) is 0. The van der Waals surface area contributed by atoms with Crippen LogP contribution in [0.15, 0.2) is 59.7 Å². The van der Waals surface area contributed by atoms with Gasteiger partial charge in [0.05, 0.1) is 5.71 Å². The van der Waals surface area contributed by atoms with Gasteiger partial charge in [-0.25, -0.2) is 5.43 Å². The number of aromatic nitrogens is 3. The molecule has 2 saturated heterocycles. The number of hydrogen-bond donors (Lipinski definition) is 2. The largest absolute Gasteiger partial charge is 0.341 e. The van der Waals surface area contributed by atoms with Crippen LogP contribution in [-0.4, -0.2) is 52.7 Å². The molecule has 0 atom stereocenters. The molecule has 192 valence electrons. The zero-order valence-electron chi connectivity index (χ0n) is 21.4. The summed E-state index contributed by atoms with van der Waals surface area (Å²) >= 11 is 0. The molecule has 0 saturated carbocycles. The Kier molecular flexibility index (Phi) is 7.88. The molecule has 2 aliphatic heterocycles. The molecule has 2 fully saturated rings. The third kappa shape index (κ3) is 6.41. The molecule has 2 aliphatic rings. The van der Waals surface area contributed by atoms with Crippen molar-refractivity contribution in [3.63, 3.8) is 0 Å². The van der Waals surface area contributed by atoms with Crippen LogP contribution in [0.5, 0.6) is 0 Å². The van der Waals surface area contributed by atoms with Crippen LogP contribution in [0.2, 0.25) is 0 Å². The number of carbonyl (C=O) groups is 1. The maximum absolute atomic E-state index is 12.4. The van der Waals surface area contributed by atoms with Crippen molar-refractivity contribution in [1.82, 2.24) is 15.0 Å². The number of carbonyl (C=O) groups excluding carboxylic acids is 1. The van der Waals surface area contributed by atoms with Gasteiger partial charge in [0.25, 0.3) is 5.91 Å². The minimum Gasteiger partial charge on any atom is -0.341 e. The first-order valence-corrected chi connectivity index (χ1v) is 13.2. The van der Waals surface area contributed by atoms with Crippen molar-refractivity contribution in [2.45, 2.75) is 45.4 Å². The highest BCUT2D eigenvalue weighted by atomic mass is 16.1. The van der Waals surface area contributed by atoms with E-state index in [1.165, 1.54) is 12.8 Å². The van der Waals surface area contributed by atoms with Gasteiger partial charge in [0.2, 0.25) is 17.8 Å². The predicted molar refractivity (Wildman–Crippen MR) is 149 cm³/mol. The molecule has 0 unspecified atom stereocenters. The van der Waals surface area contributed by atoms with E-state index < -0.39 is 0 Å². The number of benzene rings is 2. The lowest BCUT2D eigenvalue weighted by Crippen LogP contribution is -2.34. The molecule has 5 rings (SSSR count). The van der Waals surface area contributed by atoms with Crippen molar-refractivity contribution in [3.05, 3.63) is 65.7 Å². The summed E-state index contributed by atoms with van der Waals surface area (Å²) in [4.78, 5) is 31.1. The van der Waals surface area contributed by atoms with Crippen molar-refractivity contribution >= 4 is 35.2 Å². The van der Waals surface area contributed by atoms with Crippen LogP contribution < -0.4 is 20.5 Å². The van der Waals surface area contributed by atoms with Gasteiger partial charge in [-0.15, -0.1) is 0 Å². The van der Waals surface area contributed by atoms with Crippen LogP contribution in [-0.2, 0) is 0 Å². The third-order valence-corrected chi connectivity index (χ3v) is 6.81. The van der Waals surface area contributed by atoms with Crippen molar-refractivity contribution in [2.75, 3.05) is 46.7 Å². The minimum atomic E-state index is -0.135. The van der Waals surface area contributed by atoms with Crippen LogP contribution >= 0.6 is 0 Å². The first-order chi connectivity index (χ1) is 18.2. The molecule has 2 aromatic carbocycles. The molecule has 3 aromatic rings. The first-order valence-electron chi connectivity index (χ1n) is 13.2. The summed E-state index contributed by atoms with van der Waals surface area (Å²) in [5.41, 5.74) is 6.16. The molecule has 0 aliphatic carbocycles. The van der Waals surface area contributed by atoms with Crippen LogP contribution in [0.3, 0.4) is 0 Å². The standard InChI is InChI=1S/C28H34N8O/c1-21(22-13-15-24(16-14-22)29-25(37)23-11-5-2-6-12-23)33-34-26-30-27(35-17-7-3-8-18-35)32-28(31-26)36-19-9-4-10-20-36/h2,5-6,11-16H,3-4,7-10,17-20H2,1H3,(H,29,37)(H,30,31,32,34)/b33-21+. The van der Waals surface area contributed by atoms with Gasteiger partial charge in [0, 0.05) is 37.4 Å². The number of nitrogens with one attached hydrogen (secondary N) is 2. The van der Waals surface area contributed by atoms with Crippen molar-refractivity contribution in [3.8, 4) is 0 Å². The molecule has 1 amide bonds.